The number of nitrogens with zero attached hydrogens (tertiary/aromatic N) is 1. The lowest BCUT2D eigenvalue weighted by molar-refractivity contribution is -0.141. The summed E-state index contributed by atoms with van der Waals surface area (Å²) in [5.74, 6) is -2.05. The lowest BCUT2D eigenvalue weighted by Crippen LogP contribution is -2.30. The molecule has 0 bridgehead atoms. The number of aliphatic carboxylic acids is 2. The van der Waals surface area contributed by atoms with E-state index in [0.717, 1.165) is 0 Å². The number of carboxylic acid groups (broad SMARTS) is 2. The molecular formula is C6H14BNO7. The largest absolute Gasteiger partial charge is 0.633 e. The molecule has 15 heavy (non-hydrogen) atoms. The lowest BCUT2D eigenvalue weighted by Gasteiger charge is -2.08. The molecule has 0 heterocycles. The molecule has 8 nitrogen and oxygen atoms in total. The summed E-state index contributed by atoms with van der Waals surface area (Å²) >= 11 is 0. The SMILES string of the molecule is CN(CC(=O)O)CC(=O)O.COB(O)O. The maximum Gasteiger partial charge on any atom is 0.633 e. The van der Waals surface area contributed by atoms with Gasteiger partial charge in [-0.15, -0.1) is 0 Å². The van der Waals surface area contributed by atoms with E-state index in [1.165, 1.54) is 19.1 Å². The number of hydrogen-bond donors (Lipinski definition) is 4. The number of carboxylic acids is 2. The van der Waals surface area contributed by atoms with Crippen molar-refractivity contribution in [3.8, 4) is 0 Å². The van der Waals surface area contributed by atoms with Crippen molar-refractivity contribution in [2.45, 2.75) is 0 Å². The predicted molar refractivity (Wildman–Crippen MR) is 50.0 cm³/mol. The Bertz CT molecular complexity index is 182. The molecule has 0 aliphatic rings. The van der Waals surface area contributed by atoms with Crippen molar-refractivity contribution in [2.75, 3.05) is 27.2 Å². The molecule has 0 spiro atoms. The molecule has 0 saturated carbocycles. The summed E-state index contributed by atoms with van der Waals surface area (Å²) in [5.41, 5.74) is 0. The van der Waals surface area contributed by atoms with Crippen LogP contribution in [0, 0.1) is 0 Å². The molecule has 0 aromatic carbocycles. The van der Waals surface area contributed by atoms with Crippen LogP contribution < -0.4 is 0 Å². The second-order valence-electron chi connectivity index (χ2n) is 2.52. The quantitative estimate of drug-likeness (QED) is 0.383. The van der Waals surface area contributed by atoms with E-state index >= 15 is 0 Å². The van der Waals surface area contributed by atoms with Gasteiger partial charge >= 0.3 is 19.3 Å². The minimum absolute atomic E-state index is 0.244. The predicted octanol–water partition coefficient (Wildman–Crippen LogP) is -2.31. The Kier molecular flexibility index (Phi) is 10.2. The fourth-order valence-electron chi connectivity index (χ4n) is 0.518. The molecule has 88 valence electrons. The standard InChI is InChI=1S/C5H9NO4.CH5BO3/c1-6(2-4(7)8)3-5(9)10;1-5-2(3)4/h2-3H2,1H3,(H,7,8)(H,9,10);3-4H,1H3. The first-order chi connectivity index (χ1) is 6.79. The highest BCUT2D eigenvalue weighted by molar-refractivity contribution is 6.32. The molecule has 0 saturated heterocycles. The van der Waals surface area contributed by atoms with Gasteiger partial charge in [0.25, 0.3) is 0 Å². The topological polar surface area (TPSA) is 128 Å². The van der Waals surface area contributed by atoms with Gasteiger partial charge in [-0.1, -0.05) is 0 Å². The molecule has 0 amide bonds. The van der Waals surface area contributed by atoms with Gasteiger partial charge in [-0.25, -0.2) is 0 Å². The van der Waals surface area contributed by atoms with Gasteiger partial charge in [-0.3, -0.25) is 14.5 Å². The molecule has 0 radical (unpaired) electrons. The smallest absolute Gasteiger partial charge is 0.480 e. The van der Waals surface area contributed by atoms with Crippen LogP contribution in [0.5, 0.6) is 0 Å². The Hall–Kier alpha value is -1.16. The Morgan fingerprint density at radius 1 is 1.20 bits per heavy atom. The number of rotatable bonds is 5. The van der Waals surface area contributed by atoms with Crippen LogP contribution in [0.15, 0.2) is 0 Å². The molecule has 9 heteroatoms. The zero-order valence-corrected chi connectivity index (χ0v) is 8.45. The van der Waals surface area contributed by atoms with Gasteiger partial charge in [0.15, 0.2) is 0 Å². The molecule has 0 rings (SSSR count). The molecule has 0 atom stereocenters. The van der Waals surface area contributed by atoms with Crippen molar-refractivity contribution >= 4 is 19.3 Å². The monoisotopic (exact) mass is 223 g/mol. The van der Waals surface area contributed by atoms with Crippen LogP contribution in [0.1, 0.15) is 0 Å². The van der Waals surface area contributed by atoms with Gasteiger partial charge in [-0.2, -0.15) is 0 Å². The molecule has 0 unspecified atom stereocenters. The average Bonchev–Trinajstić information content (AvgIpc) is 2.01. The van der Waals surface area contributed by atoms with Gasteiger partial charge in [0, 0.05) is 7.11 Å². The fourth-order valence-corrected chi connectivity index (χ4v) is 0.518. The van der Waals surface area contributed by atoms with E-state index in [0.29, 0.717) is 0 Å². The van der Waals surface area contributed by atoms with E-state index in [2.05, 4.69) is 4.65 Å². The van der Waals surface area contributed by atoms with Gasteiger partial charge in [-0.05, 0) is 7.05 Å². The molecular weight excluding hydrogens is 209 g/mol. The summed E-state index contributed by atoms with van der Waals surface area (Å²) in [7, 11) is 1.02. The van der Waals surface area contributed by atoms with Gasteiger partial charge in [0.05, 0.1) is 13.1 Å². The van der Waals surface area contributed by atoms with Crippen LogP contribution >= 0.6 is 0 Å². The van der Waals surface area contributed by atoms with Crippen LogP contribution in [0.4, 0.5) is 0 Å². The van der Waals surface area contributed by atoms with Crippen LogP contribution in [0.3, 0.4) is 0 Å². The van der Waals surface area contributed by atoms with Gasteiger partial charge < -0.3 is 24.9 Å². The molecule has 0 aliphatic heterocycles. The minimum atomic E-state index is -1.62. The maximum atomic E-state index is 9.96. The van der Waals surface area contributed by atoms with Crippen LogP contribution in [0.2, 0.25) is 0 Å². The molecule has 0 aromatic rings. The average molecular weight is 223 g/mol. The Labute approximate surface area is 86.9 Å². The van der Waals surface area contributed by atoms with Crippen molar-refractivity contribution in [1.29, 1.82) is 0 Å². The Morgan fingerprint density at radius 2 is 1.47 bits per heavy atom. The van der Waals surface area contributed by atoms with Crippen molar-refractivity contribution in [3.63, 3.8) is 0 Å². The van der Waals surface area contributed by atoms with Crippen molar-refractivity contribution in [3.05, 3.63) is 0 Å². The number of hydrogen-bond acceptors (Lipinski definition) is 6. The summed E-state index contributed by atoms with van der Waals surface area (Å²) in [6, 6.07) is 0. The summed E-state index contributed by atoms with van der Waals surface area (Å²) in [6.07, 6.45) is 0. The van der Waals surface area contributed by atoms with E-state index in [-0.39, 0.29) is 13.1 Å². The molecule has 0 aliphatic carbocycles. The van der Waals surface area contributed by atoms with Crippen LogP contribution in [-0.4, -0.2) is 71.7 Å². The molecule has 4 N–H and O–H groups in total. The summed E-state index contributed by atoms with van der Waals surface area (Å²) < 4.78 is 3.86. The molecule has 0 aromatic heterocycles. The van der Waals surface area contributed by atoms with Crippen LogP contribution in [-0.2, 0) is 14.2 Å². The third kappa shape index (κ3) is 19.3. The Morgan fingerprint density at radius 3 is 1.60 bits per heavy atom. The van der Waals surface area contributed by atoms with Gasteiger partial charge in [0.1, 0.15) is 0 Å². The fraction of sp³-hybridized carbons (Fsp3) is 0.667. The normalized spacial score (nSPS) is 9.13. The zero-order chi connectivity index (χ0) is 12.4. The van der Waals surface area contributed by atoms with Crippen molar-refractivity contribution in [1.82, 2.24) is 4.90 Å². The summed E-state index contributed by atoms with van der Waals surface area (Å²) in [5, 5.41) is 31.7. The van der Waals surface area contributed by atoms with Crippen molar-refractivity contribution < 1.29 is 34.5 Å². The number of carbonyl (C=O) groups is 2. The van der Waals surface area contributed by atoms with E-state index in [1.54, 1.807) is 0 Å². The van der Waals surface area contributed by atoms with E-state index < -0.39 is 19.3 Å². The first kappa shape index (κ1) is 16.3. The number of likely N-dealkylation sites (N-methyl/N-ethyl adjacent to an activating group) is 1. The second-order valence-corrected chi connectivity index (χ2v) is 2.52. The minimum Gasteiger partial charge on any atom is -0.480 e. The van der Waals surface area contributed by atoms with E-state index in [4.69, 9.17) is 20.3 Å². The third-order valence-corrected chi connectivity index (χ3v) is 1.02. The first-order valence-electron chi connectivity index (χ1n) is 3.80. The highest BCUT2D eigenvalue weighted by Gasteiger charge is 2.06. The van der Waals surface area contributed by atoms with Crippen molar-refractivity contribution in [2.24, 2.45) is 0 Å². The molecule has 0 fully saturated rings. The second kappa shape index (κ2) is 9.40. The zero-order valence-electron chi connectivity index (χ0n) is 8.45. The van der Waals surface area contributed by atoms with E-state index in [1.807, 2.05) is 0 Å². The maximum absolute atomic E-state index is 9.96. The Balaban J connectivity index is 0. The first-order valence-corrected chi connectivity index (χ1v) is 3.80. The third-order valence-electron chi connectivity index (χ3n) is 1.02. The highest BCUT2D eigenvalue weighted by atomic mass is 16.6. The highest BCUT2D eigenvalue weighted by Crippen LogP contribution is 1.80. The van der Waals surface area contributed by atoms with E-state index in [9.17, 15) is 9.59 Å². The summed E-state index contributed by atoms with van der Waals surface area (Å²) in [4.78, 5) is 21.1. The summed E-state index contributed by atoms with van der Waals surface area (Å²) in [6.45, 7) is -0.488. The lowest BCUT2D eigenvalue weighted by atomic mass is 10.3. The van der Waals surface area contributed by atoms with Crippen LogP contribution in [0.25, 0.3) is 0 Å². The van der Waals surface area contributed by atoms with Gasteiger partial charge in [0.2, 0.25) is 0 Å².